The number of likely N-dealkylation sites (tertiary alicyclic amines) is 1. The molecule has 4 rings (SSSR count). The van der Waals surface area contributed by atoms with E-state index in [1.165, 1.54) is 31.4 Å². The summed E-state index contributed by atoms with van der Waals surface area (Å²) in [6.07, 6.45) is 5.85. The van der Waals surface area contributed by atoms with Crippen LogP contribution in [0.25, 0.3) is 0 Å². The van der Waals surface area contributed by atoms with Gasteiger partial charge in [-0.05, 0) is 24.8 Å². The van der Waals surface area contributed by atoms with Crippen molar-refractivity contribution < 1.29 is 9.47 Å². The highest BCUT2D eigenvalue weighted by atomic mass is 127. The number of benzene rings is 1. The van der Waals surface area contributed by atoms with Crippen LogP contribution in [-0.4, -0.2) is 39.9 Å². The van der Waals surface area contributed by atoms with Crippen LogP contribution >= 0.6 is 22.6 Å². The van der Waals surface area contributed by atoms with Gasteiger partial charge in [-0.2, -0.15) is 0 Å². The second kappa shape index (κ2) is 6.04. The number of hydrogen-bond acceptors (Lipinski definition) is 3. The Balaban J connectivity index is 1.49. The van der Waals surface area contributed by atoms with Crippen molar-refractivity contribution in [1.82, 2.24) is 4.90 Å². The van der Waals surface area contributed by atoms with Crippen LogP contribution in [0.3, 0.4) is 0 Å². The largest absolute Gasteiger partial charge is 0.348 e. The number of halogens is 1. The molecule has 0 aromatic heterocycles. The molecule has 0 radical (unpaired) electrons. The summed E-state index contributed by atoms with van der Waals surface area (Å²) in [6.45, 7) is 3.84. The maximum absolute atomic E-state index is 5.92. The number of ether oxygens (including phenoxy) is 2. The van der Waals surface area contributed by atoms with E-state index < -0.39 is 0 Å². The van der Waals surface area contributed by atoms with Crippen LogP contribution in [0.15, 0.2) is 30.3 Å². The van der Waals surface area contributed by atoms with Crippen LogP contribution in [0.2, 0.25) is 0 Å². The summed E-state index contributed by atoms with van der Waals surface area (Å²) in [5, 5.41) is 0. The molecule has 120 valence electrons. The minimum atomic E-state index is -0.243. The Bertz CT molecular complexity index is 505. The molecule has 2 heterocycles. The summed E-state index contributed by atoms with van der Waals surface area (Å²) in [6, 6.07) is 10.9. The van der Waals surface area contributed by atoms with E-state index >= 15 is 0 Å². The van der Waals surface area contributed by atoms with Gasteiger partial charge in [0.05, 0.1) is 13.2 Å². The molecule has 1 aromatic carbocycles. The third kappa shape index (κ3) is 2.83. The zero-order valence-corrected chi connectivity index (χ0v) is 15.1. The van der Waals surface area contributed by atoms with E-state index in [1.54, 1.807) is 0 Å². The SMILES string of the molecule is IC1CN(Cc2ccccc2)C2(CCC3(CC2)OCCO3)C1. The molecular formula is C18H24INO2. The molecule has 2 aliphatic heterocycles. The zero-order chi connectivity index (χ0) is 15.0. The fourth-order valence-corrected chi connectivity index (χ4v) is 5.77. The van der Waals surface area contributed by atoms with Crippen LogP contribution < -0.4 is 0 Å². The average molecular weight is 413 g/mol. The Kier molecular flexibility index (Phi) is 4.22. The average Bonchev–Trinajstić information content (AvgIpc) is 3.10. The molecule has 2 saturated heterocycles. The molecule has 22 heavy (non-hydrogen) atoms. The Morgan fingerprint density at radius 2 is 1.73 bits per heavy atom. The molecule has 0 N–H and O–H groups in total. The molecule has 2 spiro atoms. The first-order valence-corrected chi connectivity index (χ1v) is 9.65. The molecule has 0 bridgehead atoms. The van der Waals surface area contributed by atoms with Crippen molar-refractivity contribution in [1.29, 1.82) is 0 Å². The van der Waals surface area contributed by atoms with Crippen LogP contribution in [0, 0.1) is 0 Å². The van der Waals surface area contributed by atoms with E-state index in [4.69, 9.17) is 9.47 Å². The lowest BCUT2D eigenvalue weighted by molar-refractivity contribution is -0.192. The summed E-state index contributed by atoms with van der Waals surface area (Å²) >= 11 is 2.64. The van der Waals surface area contributed by atoms with Crippen molar-refractivity contribution in [2.75, 3.05) is 19.8 Å². The highest BCUT2D eigenvalue weighted by Gasteiger charge is 2.51. The molecule has 0 amide bonds. The number of hydrogen-bond donors (Lipinski definition) is 0. The lowest BCUT2D eigenvalue weighted by atomic mass is 9.77. The third-order valence-corrected chi connectivity index (χ3v) is 6.50. The highest BCUT2D eigenvalue weighted by molar-refractivity contribution is 14.1. The van der Waals surface area contributed by atoms with Crippen molar-refractivity contribution in [3.8, 4) is 0 Å². The maximum atomic E-state index is 5.92. The second-order valence-electron chi connectivity index (χ2n) is 7.00. The van der Waals surface area contributed by atoms with Crippen molar-refractivity contribution in [2.45, 2.75) is 53.9 Å². The highest BCUT2D eigenvalue weighted by Crippen LogP contribution is 2.49. The van der Waals surface area contributed by atoms with E-state index in [-0.39, 0.29) is 5.79 Å². The second-order valence-corrected chi connectivity index (χ2v) is 8.76. The van der Waals surface area contributed by atoms with Crippen molar-refractivity contribution in [3.63, 3.8) is 0 Å². The molecular weight excluding hydrogens is 389 g/mol. The van der Waals surface area contributed by atoms with Gasteiger partial charge in [-0.3, -0.25) is 4.90 Å². The van der Waals surface area contributed by atoms with Crippen LogP contribution in [-0.2, 0) is 16.0 Å². The smallest absolute Gasteiger partial charge is 0.168 e. The van der Waals surface area contributed by atoms with Crippen molar-refractivity contribution >= 4 is 22.6 Å². The van der Waals surface area contributed by atoms with Gasteiger partial charge in [0.25, 0.3) is 0 Å². The quantitative estimate of drug-likeness (QED) is 0.545. The summed E-state index contributed by atoms with van der Waals surface area (Å²) in [5.74, 6) is -0.243. The molecule has 1 aliphatic carbocycles. The predicted octanol–water partition coefficient (Wildman–Crippen LogP) is 3.75. The van der Waals surface area contributed by atoms with E-state index in [0.29, 0.717) is 5.54 Å². The standard InChI is InChI=1S/C18H24INO2/c19-16-12-17(6-8-18(9-7-17)21-10-11-22-18)20(14-16)13-15-4-2-1-3-5-15/h1-5,16H,6-14H2. The molecule has 1 unspecified atom stereocenters. The number of alkyl halides is 1. The van der Waals surface area contributed by atoms with Crippen LogP contribution in [0.5, 0.6) is 0 Å². The van der Waals surface area contributed by atoms with E-state index in [9.17, 15) is 0 Å². The van der Waals surface area contributed by atoms with Gasteiger partial charge >= 0.3 is 0 Å². The van der Waals surface area contributed by atoms with Gasteiger partial charge < -0.3 is 9.47 Å². The van der Waals surface area contributed by atoms with Crippen LogP contribution in [0.1, 0.15) is 37.7 Å². The Morgan fingerprint density at radius 1 is 1.05 bits per heavy atom. The van der Waals surface area contributed by atoms with Crippen LogP contribution in [0.4, 0.5) is 0 Å². The summed E-state index contributed by atoms with van der Waals surface area (Å²) in [4.78, 5) is 2.74. The van der Waals surface area contributed by atoms with Gasteiger partial charge in [-0.15, -0.1) is 0 Å². The Morgan fingerprint density at radius 3 is 2.41 bits per heavy atom. The summed E-state index contributed by atoms with van der Waals surface area (Å²) < 4.78 is 12.6. The minimum Gasteiger partial charge on any atom is -0.348 e. The molecule has 1 aromatic rings. The van der Waals surface area contributed by atoms with Gasteiger partial charge in [0, 0.05) is 35.4 Å². The fourth-order valence-electron chi connectivity index (χ4n) is 4.48. The zero-order valence-electron chi connectivity index (χ0n) is 13.0. The third-order valence-electron chi connectivity index (χ3n) is 5.66. The number of nitrogens with zero attached hydrogens (tertiary/aromatic N) is 1. The van der Waals surface area contributed by atoms with Gasteiger partial charge in [-0.1, -0.05) is 52.9 Å². The van der Waals surface area contributed by atoms with Gasteiger partial charge in [0.1, 0.15) is 0 Å². The van der Waals surface area contributed by atoms with Gasteiger partial charge in [0.2, 0.25) is 0 Å². The first-order valence-electron chi connectivity index (χ1n) is 8.41. The topological polar surface area (TPSA) is 21.7 Å². The van der Waals surface area contributed by atoms with E-state index in [2.05, 4.69) is 57.8 Å². The number of rotatable bonds is 2. The normalized spacial score (nSPS) is 30.3. The van der Waals surface area contributed by atoms with Gasteiger partial charge in [0.15, 0.2) is 5.79 Å². The Hall–Kier alpha value is -0.170. The predicted molar refractivity (Wildman–Crippen MR) is 95.1 cm³/mol. The first kappa shape index (κ1) is 15.4. The van der Waals surface area contributed by atoms with Crippen molar-refractivity contribution in [3.05, 3.63) is 35.9 Å². The molecule has 1 atom stereocenters. The molecule has 1 saturated carbocycles. The van der Waals surface area contributed by atoms with Crippen molar-refractivity contribution in [2.24, 2.45) is 0 Å². The van der Waals surface area contributed by atoms with Gasteiger partial charge in [-0.25, -0.2) is 0 Å². The van der Waals surface area contributed by atoms with E-state index in [1.807, 2.05) is 0 Å². The minimum absolute atomic E-state index is 0.243. The van der Waals surface area contributed by atoms with E-state index in [0.717, 1.165) is 36.5 Å². The Labute approximate surface area is 146 Å². The lowest BCUT2D eigenvalue weighted by Crippen LogP contribution is -2.50. The molecule has 3 nitrogen and oxygen atoms in total. The maximum Gasteiger partial charge on any atom is 0.168 e. The molecule has 3 aliphatic rings. The summed E-state index contributed by atoms with van der Waals surface area (Å²) in [5.41, 5.74) is 1.79. The molecule has 3 fully saturated rings. The lowest BCUT2D eigenvalue weighted by Gasteiger charge is -2.46. The first-order chi connectivity index (χ1) is 10.7. The monoisotopic (exact) mass is 413 g/mol. The summed E-state index contributed by atoms with van der Waals surface area (Å²) in [7, 11) is 0. The molecule has 4 heteroatoms. The fraction of sp³-hybridized carbons (Fsp3) is 0.667.